The molecular weight excluding hydrogens is 278 g/mol. The van der Waals surface area contributed by atoms with E-state index >= 15 is 0 Å². The predicted molar refractivity (Wildman–Crippen MR) is 85.1 cm³/mol. The lowest BCUT2D eigenvalue weighted by Crippen LogP contribution is -2.28. The summed E-state index contributed by atoms with van der Waals surface area (Å²) in [5.41, 5.74) is 4.52. The van der Waals surface area contributed by atoms with Crippen molar-refractivity contribution in [1.29, 1.82) is 0 Å². The van der Waals surface area contributed by atoms with Crippen LogP contribution in [-0.4, -0.2) is 44.1 Å². The predicted octanol–water partition coefficient (Wildman–Crippen LogP) is 1.92. The van der Waals surface area contributed by atoms with E-state index in [-0.39, 0.29) is 5.91 Å². The molecule has 2 aromatic rings. The number of aryl methyl sites for hydroxylation is 3. The highest BCUT2D eigenvalue weighted by atomic mass is 16.2. The van der Waals surface area contributed by atoms with Gasteiger partial charge in [-0.2, -0.15) is 5.10 Å². The van der Waals surface area contributed by atoms with Crippen molar-refractivity contribution >= 4 is 5.91 Å². The van der Waals surface area contributed by atoms with E-state index in [2.05, 4.69) is 15.1 Å². The first-order valence-corrected chi connectivity index (χ1v) is 7.45. The van der Waals surface area contributed by atoms with E-state index in [1.807, 2.05) is 47.7 Å². The van der Waals surface area contributed by atoms with Crippen LogP contribution in [0.25, 0.3) is 5.95 Å². The van der Waals surface area contributed by atoms with Crippen molar-refractivity contribution in [2.75, 3.05) is 13.6 Å². The fraction of sp³-hybridized carbons (Fsp3) is 0.500. The highest BCUT2D eigenvalue weighted by molar-refractivity contribution is 5.79. The first kappa shape index (κ1) is 16.1. The maximum Gasteiger partial charge on any atom is 0.251 e. The largest absolute Gasteiger partial charge is 0.346 e. The highest BCUT2D eigenvalue weighted by Gasteiger charge is 2.18. The van der Waals surface area contributed by atoms with E-state index in [4.69, 9.17) is 0 Å². The first-order chi connectivity index (χ1) is 10.3. The highest BCUT2D eigenvalue weighted by Crippen LogP contribution is 2.17. The molecule has 0 fully saturated rings. The molecule has 0 radical (unpaired) electrons. The molecule has 0 bridgehead atoms. The van der Waals surface area contributed by atoms with Crippen LogP contribution in [-0.2, 0) is 11.2 Å². The molecule has 0 aliphatic carbocycles. The second-order valence-electron chi connectivity index (χ2n) is 5.60. The maximum atomic E-state index is 12.2. The van der Waals surface area contributed by atoms with Crippen molar-refractivity contribution in [2.24, 2.45) is 0 Å². The molecule has 118 valence electrons. The van der Waals surface area contributed by atoms with E-state index in [0.717, 1.165) is 28.3 Å². The lowest BCUT2D eigenvalue weighted by molar-refractivity contribution is -0.128. The number of amides is 1. The van der Waals surface area contributed by atoms with E-state index in [0.29, 0.717) is 18.9 Å². The van der Waals surface area contributed by atoms with Gasteiger partial charge in [-0.1, -0.05) is 0 Å². The molecule has 0 atom stereocenters. The average molecular weight is 301 g/mol. The number of hydrogen-bond donors (Lipinski definition) is 0. The molecule has 2 aromatic heterocycles. The summed E-state index contributed by atoms with van der Waals surface area (Å²) in [6, 6.07) is 1.93. The van der Waals surface area contributed by atoms with Crippen molar-refractivity contribution in [3.63, 3.8) is 0 Å². The standard InChI is InChI=1S/C16H23N5O/c1-7-20(6)15(22)9-14-12(4)19-21(13(14)5)16-17-10(2)8-11(3)18-16/h8H,7,9H2,1-6H3. The third-order valence-corrected chi connectivity index (χ3v) is 3.83. The molecule has 1 amide bonds. The third-order valence-electron chi connectivity index (χ3n) is 3.83. The van der Waals surface area contributed by atoms with E-state index in [9.17, 15) is 4.79 Å². The van der Waals surface area contributed by atoms with Gasteiger partial charge in [-0.15, -0.1) is 0 Å². The molecule has 22 heavy (non-hydrogen) atoms. The molecule has 2 heterocycles. The zero-order chi connectivity index (χ0) is 16.4. The summed E-state index contributed by atoms with van der Waals surface area (Å²) in [4.78, 5) is 22.8. The van der Waals surface area contributed by atoms with Crippen LogP contribution >= 0.6 is 0 Å². The van der Waals surface area contributed by atoms with Gasteiger partial charge in [-0.05, 0) is 40.7 Å². The summed E-state index contributed by atoms with van der Waals surface area (Å²) in [6.07, 6.45) is 0.354. The molecule has 0 spiro atoms. The molecule has 2 rings (SSSR count). The summed E-state index contributed by atoms with van der Waals surface area (Å²) in [5, 5.41) is 4.52. The van der Waals surface area contributed by atoms with E-state index in [1.165, 1.54) is 0 Å². The summed E-state index contributed by atoms with van der Waals surface area (Å²) >= 11 is 0. The molecule has 6 nitrogen and oxygen atoms in total. The molecule has 0 saturated heterocycles. The van der Waals surface area contributed by atoms with Crippen LogP contribution in [0.2, 0.25) is 0 Å². The van der Waals surface area contributed by atoms with Crippen molar-refractivity contribution in [3.05, 3.63) is 34.4 Å². The molecule has 6 heteroatoms. The van der Waals surface area contributed by atoms with Gasteiger partial charge in [0.1, 0.15) is 0 Å². The smallest absolute Gasteiger partial charge is 0.251 e. The molecule has 0 N–H and O–H groups in total. The van der Waals surface area contributed by atoms with Crippen LogP contribution in [0.15, 0.2) is 6.07 Å². The Balaban J connectivity index is 2.40. The Morgan fingerprint density at radius 1 is 1.18 bits per heavy atom. The van der Waals surface area contributed by atoms with Gasteiger partial charge in [0.2, 0.25) is 5.91 Å². The lowest BCUT2D eigenvalue weighted by atomic mass is 10.1. The Bertz CT molecular complexity index is 685. The zero-order valence-corrected chi connectivity index (χ0v) is 14.1. The van der Waals surface area contributed by atoms with Gasteiger partial charge in [0.25, 0.3) is 5.95 Å². The maximum absolute atomic E-state index is 12.2. The van der Waals surface area contributed by atoms with Gasteiger partial charge in [0, 0.05) is 36.2 Å². The van der Waals surface area contributed by atoms with Crippen molar-refractivity contribution in [3.8, 4) is 5.95 Å². The second-order valence-corrected chi connectivity index (χ2v) is 5.60. The quantitative estimate of drug-likeness (QED) is 0.865. The summed E-state index contributed by atoms with van der Waals surface area (Å²) in [7, 11) is 1.81. The number of carbonyl (C=O) groups excluding carboxylic acids is 1. The number of aromatic nitrogens is 4. The van der Waals surface area contributed by atoms with Gasteiger partial charge in [-0.3, -0.25) is 4.79 Å². The first-order valence-electron chi connectivity index (χ1n) is 7.45. The number of likely N-dealkylation sites (N-methyl/N-ethyl adjacent to an activating group) is 1. The van der Waals surface area contributed by atoms with Crippen LogP contribution in [0, 0.1) is 27.7 Å². The van der Waals surface area contributed by atoms with Crippen LogP contribution in [0.3, 0.4) is 0 Å². The molecule has 0 saturated carbocycles. The van der Waals surface area contributed by atoms with E-state index < -0.39 is 0 Å². The molecule has 0 aliphatic heterocycles. The van der Waals surface area contributed by atoms with E-state index in [1.54, 1.807) is 9.58 Å². The average Bonchev–Trinajstić information content (AvgIpc) is 2.73. The fourth-order valence-electron chi connectivity index (χ4n) is 2.39. The van der Waals surface area contributed by atoms with Crippen LogP contribution in [0.5, 0.6) is 0 Å². The van der Waals surface area contributed by atoms with Crippen molar-refractivity contribution < 1.29 is 4.79 Å². The Morgan fingerprint density at radius 3 is 2.32 bits per heavy atom. The number of nitrogens with zero attached hydrogens (tertiary/aromatic N) is 5. The number of hydrogen-bond acceptors (Lipinski definition) is 4. The summed E-state index contributed by atoms with van der Waals surface area (Å²) in [6.45, 7) is 10.4. The third kappa shape index (κ3) is 3.16. The lowest BCUT2D eigenvalue weighted by Gasteiger charge is -2.14. The van der Waals surface area contributed by atoms with Gasteiger partial charge < -0.3 is 4.90 Å². The molecular formula is C16H23N5O. The normalized spacial score (nSPS) is 10.8. The molecule has 0 aromatic carbocycles. The minimum atomic E-state index is 0.0922. The minimum absolute atomic E-state index is 0.0922. The van der Waals surface area contributed by atoms with Gasteiger partial charge in [0.15, 0.2) is 0 Å². The van der Waals surface area contributed by atoms with Gasteiger partial charge in [-0.25, -0.2) is 14.6 Å². The Hall–Kier alpha value is -2.24. The Labute approximate surface area is 131 Å². The Kier molecular flexibility index (Phi) is 4.59. The number of rotatable bonds is 4. The van der Waals surface area contributed by atoms with Crippen molar-refractivity contribution in [1.82, 2.24) is 24.6 Å². The van der Waals surface area contributed by atoms with Crippen LogP contribution in [0.4, 0.5) is 0 Å². The second kappa shape index (κ2) is 6.25. The fourth-order valence-corrected chi connectivity index (χ4v) is 2.39. The van der Waals surface area contributed by atoms with Crippen LogP contribution < -0.4 is 0 Å². The van der Waals surface area contributed by atoms with Crippen molar-refractivity contribution in [2.45, 2.75) is 41.0 Å². The minimum Gasteiger partial charge on any atom is -0.346 e. The van der Waals surface area contributed by atoms with Gasteiger partial charge in [0.05, 0.1) is 12.1 Å². The summed E-state index contributed by atoms with van der Waals surface area (Å²) in [5.74, 6) is 0.648. The monoisotopic (exact) mass is 301 g/mol. The van der Waals surface area contributed by atoms with Crippen LogP contribution in [0.1, 0.15) is 35.3 Å². The molecule has 0 unspecified atom stereocenters. The number of carbonyl (C=O) groups is 1. The topological polar surface area (TPSA) is 63.9 Å². The summed E-state index contributed by atoms with van der Waals surface area (Å²) < 4.78 is 1.73. The molecule has 0 aliphatic rings. The Morgan fingerprint density at radius 2 is 1.77 bits per heavy atom. The SMILES string of the molecule is CCN(C)C(=O)Cc1c(C)nn(-c2nc(C)cc(C)n2)c1C. The van der Waals surface area contributed by atoms with Gasteiger partial charge >= 0.3 is 0 Å². The zero-order valence-electron chi connectivity index (χ0n) is 14.1.